The largest absolute Gasteiger partial charge is 0.369 e. The summed E-state index contributed by atoms with van der Waals surface area (Å²) in [5, 5.41) is 2.71. The quantitative estimate of drug-likeness (QED) is 0.515. The van der Waals surface area contributed by atoms with Crippen LogP contribution in [0.3, 0.4) is 0 Å². The van der Waals surface area contributed by atoms with Gasteiger partial charge in [0, 0.05) is 0 Å². The van der Waals surface area contributed by atoms with E-state index in [9.17, 15) is 9.59 Å². The molecule has 0 aromatic carbocycles. The van der Waals surface area contributed by atoms with E-state index in [0.717, 1.165) is 0 Å². The number of Topliss-reactive ketones (excluding diaryl/α,β-unsaturated/α-hetero) is 1. The van der Waals surface area contributed by atoms with Crippen LogP contribution in [0.4, 0.5) is 0 Å². The average molecular weight is 156 g/mol. The van der Waals surface area contributed by atoms with E-state index in [1.54, 1.807) is 7.05 Å². The van der Waals surface area contributed by atoms with Crippen molar-refractivity contribution in [3.8, 4) is 0 Å². The van der Waals surface area contributed by atoms with Crippen LogP contribution in [-0.4, -0.2) is 25.3 Å². The summed E-state index contributed by atoms with van der Waals surface area (Å²) in [7, 11) is 1.68. The summed E-state index contributed by atoms with van der Waals surface area (Å²) in [6.45, 7) is 0.239. The lowest BCUT2D eigenvalue weighted by molar-refractivity contribution is -0.133. The number of nitrogens with one attached hydrogen (secondary N) is 1. The van der Waals surface area contributed by atoms with Crippen LogP contribution in [0.15, 0.2) is 0 Å². The highest BCUT2D eigenvalue weighted by atomic mass is 16.2. The summed E-state index contributed by atoms with van der Waals surface area (Å²) in [5.41, 5.74) is 4.27. The van der Waals surface area contributed by atoms with Gasteiger partial charge >= 0.3 is 0 Å². The Labute approximate surface area is 65.1 Å². The van der Waals surface area contributed by atoms with Crippen LogP contribution in [0.5, 0.6) is 0 Å². The SMILES string of the molecule is CNCC(=O)C1(C(N)=O)CC1. The molecule has 0 radical (unpaired) electrons. The molecule has 62 valence electrons. The summed E-state index contributed by atoms with van der Waals surface area (Å²) in [6.07, 6.45) is 1.26. The molecule has 0 aliphatic heterocycles. The van der Waals surface area contributed by atoms with E-state index in [1.807, 2.05) is 0 Å². The fourth-order valence-corrected chi connectivity index (χ4v) is 1.12. The number of hydrogen-bond donors (Lipinski definition) is 2. The van der Waals surface area contributed by atoms with Crippen molar-refractivity contribution in [3.63, 3.8) is 0 Å². The minimum absolute atomic E-state index is 0.0764. The Hall–Kier alpha value is -0.900. The number of likely N-dealkylation sites (N-methyl/N-ethyl adjacent to an activating group) is 1. The van der Waals surface area contributed by atoms with Gasteiger partial charge in [-0.3, -0.25) is 9.59 Å². The first-order valence-electron chi connectivity index (χ1n) is 3.61. The van der Waals surface area contributed by atoms with Crippen molar-refractivity contribution in [2.45, 2.75) is 12.8 Å². The van der Waals surface area contributed by atoms with Crippen molar-refractivity contribution in [2.24, 2.45) is 11.1 Å². The molecule has 1 rings (SSSR count). The fourth-order valence-electron chi connectivity index (χ4n) is 1.12. The standard InChI is InChI=1S/C7H12N2O2/c1-9-4-5(10)7(2-3-7)6(8)11/h9H,2-4H2,1H3,(H2,8,11). The van der Waals surface area contributed by atoms with E-state index >= 15 is 0 Å². The van der Waals surface area contributed by atoms with Crippen molar-refractivity contribution in [1.82, 2.24) is 5.32 Å². The summed E-state index contributed by atoms with van der Waals surface area (Å²) >= 11 is 0. The van der Waals surface area contributed by atoms with E-state index in [4.69, 9.17) is 5.73 Å². The minimum Gasteiger partial charge on any atom is -0.369 e. The van der Waals surface area contributed by atoms with Gasteiger partial charge in [0.05, 0.1) is 6.54 Å². The number of carbonyl (C=O) groups is 2. The lowest BCUT2D eigenvalue weighted by atomic mass is 10.0. The third-order valence-corrected chi connectivity index (χ3v) is 2.09. The van der Waals surface area contributed by atoms with Crippen molar-refractivity contribution in [3.05, 3.63) is 0 Å². The molecule has 0 saturated heterocycles. The fraction of sp³-hybridized carbons (Fsp3) is 0.714. The van der Waals surface area contributed by atoms with Crippen LogP contribution in [0.2, 0.25) is 0 Å². The predicted octanol–water partition coefficient (Wildman–Crippen LogP) is -0.960. The molecule has 4 heteroatoms. The van der Waals surface area contributed by atoms with Gasteiger partial charge in [-0.15, -0.1) is 0 Å². The molecule has 1 fully saturated rings. The highest BCUT2D eigenvalue weighted by molar-refractivity contribution is 6.08. The van der Waals surface area contributed by atoms with E-state index in [-0.39, 0.29) is 12.3 Å². The van der Waals surface area contributed by atoms with Crippen LogP contribution in [0, 0.1) is 5.41 Å². The second-order valence-electron chi connectivity index (χ2n) is 2.90. The van der Waals surface area contributed by atoms with Gasteiger partial charge in [0.1, 0.15) is 5.41 Å². The van der Waals surface area contributed by atoms with Crippen LogP contribution in [-0.2, 0) is 9.59 Å². The normalized spacial score (nSPS) is 19.4. The molecule has 0 bridgehead atoms. The van der Waals surface area contributed by atoms with Gasteiger partial charge in [-0.1, -0.05) is 0 Å². The van der Waals surface area contributed by atoms with Crippen LogP contribution < -0.4 is 11.1 Å². The van der Waals surface area contributed by atoms with Crippen LogP contribution >= 0.6 is 0 Å². The lowest BCUT2D eigenvalue weighted by Gasteiger charge is -2.07. The summed E-state index contributed by atoms with van der Waals surface area (Å²) in [4.78, 5) is 22.0. The first kappa shape index (κ1) is 8.20. The number of nitrogens with two attached hydrogens (primary N) is 1. The van der Waals surface area contributed by atoms with Gasteiger partial charge in [-0.05, 0) is 19.9 Å². The molecule has 4 nitrogen and oxygen atoms in total. The minimum atomic E-state index is -0.803. The van der Waals surface area contributed by atoms with Gasteiger partial charge in [-0.25, -0.2) is 0 Å². The van der Waals surface area contributed by atoms with Crippen molar-refractivity contribution in [1.29, 1.82) is 0 Å². The second kappa shape index (κ2) is 2.62. The zero-order valence-corrected chi connectivity index (χ0v) is 6.52. The Balaban J connectivity index is 2.58. The highest BCUT2D eigenvalue weighted by Crippen LogP contribution is 2.45. The molecule has 1 saturated carbocycles. The van der Waals surface area contributed by atoms with Crippen molar-refractivity contribution >= 4 is 11.7 Å². The number of amides is 1. The smallest absolute Gasteiger partial charge is 0.231 e. The predicted molar refractivity (Wildman–Crippen MR) is 39.8 cm³/mol. The number of rotatable bonds is 4. The Morgan fingerprint density at radius 2 is 2.09 bits per heavy atom. The van der Waals surface area contributed by atoms with E-state index in [2.05, 4.69) is 5.32 Å². The molecule has 3 N–H and O–H groups in total. The molecular weight excluding hydrogens is 144 g/mol. The maximum absolute atomic E-state index is 11.2. The Morgan fingerprint density at radius 1 is 1.55 bits per heavy atom. The molecule has 0 atom stereocenters. The van der Waals surface area contributed by atoms with Gasteiger partial charge in [-0.2, -0.15) is 0 Å². The molecule has 1 aliphatic carbocycles. The third kappa shape index (κ3) is 1.26. The zero-order chi connectivity index (χ0) is 8.48. The summed E-state index contributed by atoms with van der Waals surface area (Å²) < 4.78 is 0. The maximum atomic E-state index is 11.2. The molecule has 11 heavy (non-hydrogen) atoms. The highest BCUT2D eigenvalue weighted by Gasteiger charge is 2.54. The maximum Gasteiger partial charge on any atom is 0.231 e. The van der Waals surface area contributed by atoms with Gasteiger partial charge in [0.15, 0.2) is 5.78 Å². The first-order valence-corrected chi connectivity index (χ1v) is 3.61. The summed E-state index contributed by atoms with van der Waals surface area (Å²) in [5.74, 6) is -0.551. The number of carbonyl (C=O) groups excluding carboxylic acids is 2. The Morgan fingerprint density at radius 3 is 2.36 bits per heavy atom. The van der Waals surface area contributed by atoms with E-state index in [0.29, 0.717) is 12.8 Å². The number of ketones is 1. The molecule has 1 aliphatic rings. The topological polar surface area (TPSA) is 72.2 Å². The van der Waals surface area contributed by atoms with Crippen molar-refractivity contribution < 1.29 is 9.59 Å². The zero-order valence-electron chi connectivity index (χ0n) is 6.52. The van der Waals surface area contributed by atoms with E-state index in [1.165, 1.54) is 0 Å². The van der Waals surface area contributed by atoms with Crippen molar-refractivity contribution in [2.75, 3.05) is 13.6 Å². The molecule has 0 aromatic heterocycles. The molecule has 0 aromatic rings. The molecule has 0 heterocycles. The lowest BCUT2D eigenvalue weighted by Crippen LogP contribution is -2.36. The van der Waals surface area contributed by atoms with Gasteiger partial charge < -0.3 is 11.1 Å². The van der Waals surface area contributed by atoms with Gasteiger partial charge in [0.2, 0.25) is 5.91 Å². The Bertz CT molecular complexity index is 197. The molecule has 1 amide bonds. The number of hydrogen-bond acceptors (Lipinski definition) is 3. The van der Waals surface area contributed by atoms with Crippen LogP contribution in [0.25, 0.3) is 0 Å². The molecule has 0 spiro atoms. The van der Waals surface area contributed by atoms with Gasteiger partial charge in [0.25, 0.3) is 0 Å². The molecular formula is C7H12N2O2. The number of primary amides is 1. The Kier molecular flexibility index (Phi) is 1.95. The second-order valence-corrected chi connectivity index (χ2v) is 2.90. The van der Waals surface area contributed by atoms with Crippen LogP contribution in [0.1, 0.15) is 12.8 Å². The summed E-state index contributed by atoms with van der Waals surface area (Å²) in [6, 6.07) is 0. The third-order valence-electron chi connectivity index (χ3n) is 2.09. The molecule has 0 unspecified atom stereocenters. The monoisotopic (exact) mass is 156 g/mol. The first-order chi connectivity index (χ1) is 5.13. The average Bonchev–Trinajstić information content (AvgIpc) is 2.66. The van der Waals surface area contributed by atoms with E-state index < -0.39 is 11.3 Å².